The minimum atomic E-state index is -0.138. The third-order valence-corrected chi connectivity index (χ3v) is 2.54. The van der Waals surface area contributed by atoms with Gasteiger partial charge >= 0.3 is 0 Å². The number of aliphatic hydroxyl groups is 1. The van der Waals surface area contributed by atoms with Crippen LogP contribution in [0.25, 0.3) is 0 Å². The lowest BCUT2D eigenvalue weighted by molar-refractivity contribution is 0.0130. The van der Waals surface area contributed by atoms with Crippen LogP contribution in [0.5, 0.6) is 0 Å². The van der Waals surface area contributed by atoms with E-state index in [1.807, 2.05) is 19.1 Å². The minimum absolute atomic E-state index is 0.138. The summed E-state index contributed by atoms with van der Waals surface area (Å²) in [5, 5.41) is 11.6. The van der Waals surface area contributed by atoms with E-state index in [-0.39, 0.29) is 6.10 Å². The number of nitrogens with one attached hydrogen (secondary N) is 1. The molecule has 11 heavy (non-hydrogen) atoms. The van der Waals surface area contributed by atoms with Gasteiger partial charge in [-0.1, -0.05) is 12.8 Å². The summed E-state index contributed by atoms with van der Waals surface area (Å²) in [5.41, 5.74) is 3.04. The Kier molecular flexibility index (Phi) is 3.30. The quantitative estimate of drug-likeness (QED) is 0.569. The van der Waals surface area contributed by atoms with Gasteiger partial charge in [-0.2, -0.15) is 0 Å². The lowest BCUT2D eigenvalue weighted by atomic mass is 9.92. The van der Waals surface area contributed by atoms with Crippen LogP contribution in [-0.4, -0.2) is 36.4 Å². The molecule has 0 aromatic heterocycles. The van der Waals surface area contributed by atoms with Crippen LogP contribution in [-0.2, 0) is 0 Å². The molecule has 1 saturated carbocycles. The number of aliphatic hydroxyl groups excluding tert-OH is 1. The summed E-state index contributed by atoms with van der Waals surface area (Å²) in [5.74, 6) is 0. The van der Waals surface area contributed by atoms with Crippen molar-refractivity contribution in [2.75, 3.05) is 14.1 Å². The third kappa shape index (κ3) is 2.15. The summed E-state index contributed by atoms with van der Waals surface area (Å²) < 4.78 is 0. The lowest BCUT2D eigenvalue weighted by Crippen LogP contribution is -2.48. The molecule has 0 bridgehead atoms. The zero-order valence-corrected chi connectivity index (χ0v) is 7.38. The van der Waals surface area contributed by atoms with Gasteiger partial charge in [0.05, 0.1) is 6.10 Å². The Bertz CT molecular complexity index is 115. The van der Waals surface area contributed by atoms with Crippen LogP contribution in [0.4, 0.5) is 0 Å². The molecule has 0 heterocycles. The lowest BCUT2D eigenvalue weighted by Gasteiger charge is -2.34. The van der Waals surface area contributed by atoms with E-state index in [1.54, 1.807) is 0 Å². The predicted molar refractivity (Wildman–Crippen MR) is 45.1 cm³/mol. The van der Waals surface area contributed by atoms with Gasteiger partial charge in [0.15, 0.2) is 0 Å². The minimum Gasteiger partial charge on any atom is -0.391 e. The van der Waals surface area contributed by atoms with Gasteiger partial charge in [-0.15, -0.1) is 0 Å². The fourth-order valence-corrected chi connectivity index (χ4v) is 1.71. The van der Waals surface area contributed by atoms with Crippen LogP contribution >= 0.6 is 0 Å². The molecular weight excluding hydrogens is 140 g/mol. The van der Waals surface area contributed by atoms with Gasteiger partial charge in [0.25, 0.3) is 0 Å². The number of likely N-dealkylation sites (N-methyl/N-ethyl adjacent to an activating group) is 1. The van der Waals surface area contributed by atoms with E-state index in [4.69, 9.17) is 0 Å². The molecule has 0 spiro atoms. The smallest absolute Gasteiger partial charge is 0.0709 e. The van der Waals surface area contributed by atoms with E-state index in [2.05, 4.69) is 5.43 Å². The van der Waals surface area contributed by atoms with Crippen molar-refractivity contribution >= 4 is 0 Å². The molecule has 0 aliphatic heterocycles. The van der Waals surface area contributed by atoms with Gasteiger partial charge in [0.1, 0.15) is 0 Å². The second kappa shape index (κ2) is 4.04. The van der Waals surface area contributed by atoms with Gasteiger partial charge in [0, 0.05) is 13.1 Å². The molecule has 66 valence electrons. The normalized spacial score (nSPS) is 32.7. The van der Waals surface area contributed by atoms with Crippen LogP contribution in [0.15, 0.2) is 0 Å². The van der Waals surface area contributed by atoms with Gasteiger partial charge in [-0.25, -0.2) is 5.01 Å². The van der Waals surface area contributed by atoms with Crippen molar-refractivity contribution in [3.8, 4) is 0 Å². The highest BCUT2D eigenvalue weighted by Gasteiger charge is 2.25. The molecule has 0 saturated heterocycles. The largest absolute Gasteiger partial charge is 0.391 e. The van der Waals surface area contributed by atoms with Crippen LogP contribution in [0.1, 0.15) is 25.7 Å². The van der Waals surface area contributed by atoms with Gasteiger partial charge in [-0.3, -0.25) is 5.43 Å². The zero-order valence-electron chi connectivity index (χ0n) is 7.38. The number of hydrazine groups is 1. The first-order valence-electron chi connectivity index (χ1n) is 4.34. The maximum atomic E-state index is 9.59. The molecule has 0 amide bonds. The molecule has 0 aromatic rings. The Labute approximate surface area is 68.4 Å². The highest BCUT2D eigenvalue weighted by Crippen LogP contribution is 2.20. The fourth-order valence-electron chi connectivity index (χ4n) is 1.71. The van der Waals surface area contributed by atoms with Gasteiger partial charge < -0.3 is 5.11 Å². The second-order valence-electron chi connectivity index (χ2n) is 3.25. The number of hydrogen-bond donors (Lipinski definition) is 2. The van der Waals surface area contributed by atoms with Crippen LogP contribution in [0, 0.1) is 0 Å². The first-order valence-corrected chi connectivity index (χ1v) is 4.34. The molecule has 3 heteroatoms. The summed E-state index contributed by atoms with van der Waals surface area (Å²) in [4.78, 5) is 0. The average molecular weight is 158 g/mol. The van der Waals surface area contributed by atoms with Crippen LogP contribution in [0.2, 0.25) is 0 Å². The van der Waals surface area contributed by atoms with Crippen molar-refractivity contribution in [2.45, 2.75) is 37.8 Å². The molecule has 1 aliphatic carbocycles. The van der Waals surface area contributed by atoms with E-state index in [0.29, 0.717) is 6.04 Å². The van der Waals surface area contributed by atoms with Crippen molar-refractivity contribution in [1.82, 2.24) is 10.4 Å². The van der Waals surface area contributed by atoms with E-state index in [1.165, 1.54) is 12.8 Å². The first kappa shape index (κ1) is 8.97. The topological polar surface area (TPSA) is 35.5 Å². The fraction of sp³-hybridized carbons (Fsp3) is 1.00. The molecular formula is C8H18N2O. The Morgan fingerprint density at radius 1 is 1.36 bits per heavy atom. The maximum Gasteiger partial charge on any atom is 0.0709 e. The van der Waals surface area contributed by atoms with Crippen molar-refractivity contribution in [3.05, 3.63) is 0 Å². The van der Waals surface area contributed by atoms with Gasteiger partial charge in [-0.05, 0) is 19.9 Å². The molecule has 0 aromatic carbocycles. The van der Waals surface area contributed by atoms with Crippen molar-refractivity contribution in [2.24, 2.45) is 0 Å². The summed E-state index contributed by atoms with van der Waals surface area (Å²) in [7, 11) is 3.88. The van der Waals surface area contributed by atoms with E-state index >= 15 is 0 Å². The number of nitrogens with zero attached hydrogens (tertiary/aromatic N) is 1. The molecule has 1 fully saturated rings. The molecule has 1 aliphatic rings. The van der Waals surface area contributed by atoms with E-state index in [0.717, 1.165) is 12.8 Å². The Morgan fingerprint density at radius 2 is 2.00 bits per heavy atom. The highest BCUT2D eigenvalue weighted by molar-refractivity contribution is 4.79. The van der Waals surface area contributed by atoms with Gasteiger partial charge in [0.2, 0.25) is 0 Å². The van der Waals surface area contributed by atoms with Crippen LogP contribution < -0.4 is 5.43 Å². The molecule has 0 unspecified atom stereocenters. The Morgan fingerprint density at radius 3 is 2.55 bits per heavy atom. The maximum absolute atomic E-state index is 9.59. The van der Waals surface area contributed by atoms with Crippen molar-refractivity contribution < 1.29 is 5.11 Å². The van der Waals surface area contributed by atoms with Crippen LogP contribution in [0.3, 0.4) is 0 Å². The Balaban J connectivity index is 2.40. The predicted octanol–water partition coefficient (Wildman–Crippen LogP) is 0.356. The van der Waals surface area contributed by atoms with Crippen molar-refractivity contribution in [1.29, 1.82) is 0 Å². The molecule has 3 nitrogen and oxygen atoms in total. The summed E-state index contributed by atoms with van der Waals surface area (Å²) in [6.45, 7) is 0. The summed E-state index contributed by atoms with van der Waals surface area (Å²) in [6.07, 6.45) is 4.35. The molecule has 1 rings (SSSR count). The molecule has 0 radical (unpaired) electrons. The average Bonchev–Trinajstić information content (AvgIpc) is 2.04. The van der Waals surface area contributed by atoms with E-state index in [9.17, 15) is 5.11 Å². The zero-order chi connectivity index (χ0) is 8.27. The SMILES string of the molecule is CNN(C)[C@H]1CCCC[C@H]1O. The first-order chi connectivity index (χ1) is 5.25. The monoisotopic (exact) mass is 158 g/mol. The third-order valence-electron chi connectivity index (χ3n) is 2.54. The molecule has 2 N–H and O–H groups in total. The number of rotatable bonds is 2. The van der Waals surface area contributed by atoms with E-state index < -0.39 is 0 Å². The summed E-state index contributed by atoms with van der Waals surface area (Å²) >= 11 is 0. The molecule has 2 atom stereocenters. The number of hydrogen-bond acceptors (Lipinski definition) is 3. The van der Waals surface area contributed by atoms with Crippen molar-refractivity contribution in [3.63, 3.8) is 0 Å². The Hall–Kier alpha value is -0.120. The highest BCUT2D eigenvalue weighted by atomic mass is 16.3. The standard InChI is InChI=1S/C8H18N2O/c1-9-10(2)7-5-3-4-6-8(7)11/h7-9,11H,3-6H2,1-2H3/t7-,8+/m0/s1. The second-order valence-corrected chi connectivity index (χ2v) is 3.25. The summed E-state index contributed by atoms with van der Waals surface area (Å²) in [6, 6.07) is 0.314.